The normalized spacial score (nSPS) is 12.9. The van der Waals surface area contributed by atoms with Crippen molar-refractivity contribution in [3.8, 4) is 0 Å². The van der Waals surface area contributed by atoms with E-state index < -0.39 is 0 Å². The van der Waals surface area contributed by atoms with E-state index in [2.05, 4.69) is 23.4 Å². The number of hydrogen-bond acceptors (Lipinski definition) is 3. The van der Waals surface area contributed by atoms with E-state index in [9.17, 15) is 0 Å². The number of aryl methyl sites for hydroxylation is 2. The van der Waals surface area contributed by atoms with Gasteiger partial charge < -0.3 is 5.32 Å². The summed E-state index contributed by atoms with van der Waals surface area (Å²) < 4.78 is 1.92. The Kier molecular flexibility index (Phi) is 3.86. The highest BCUT2D eigenvalue weighted by Crippen LogP contribution is 2.32. The summed E-state index contributed by atoms with van der Waals surface area (Å²) in [6.45, 7) is 4.99. The van der Waals surface area contributed by atoms with Crippen LogP contribution in [-0.4, -0.2) is 16.3 Å². The van der Waals surface area contributed by atoms with Crippen LogP contribution in [0.3, 0.4) is 0 Å². The van der Waals surface area contributed by atoms with E-state index in [1.807, 2.05) is 30.1 Å². The zero-order chi connectivity index (χ0) is 12.4. The molecule has 0 bridgehead atoms. The monoisotopic (exact) mass is 269 g/mol. The number of nitrogens with zero attached hydrogens (tertiary/aromatic N) is 2. The summed E-state index contributed by atoms with van der Waals surface area (Å²) in [7, 11) is 1.97. The number of halogens is 1. The Morgan fingerprint density at radius 1 is 1.59 bits per heavy atom. The number of rotatable bonds is 4. The molecule has 2 aromatic heterocycles. The molecule has 0 aliphatic rings. The van der Waals surface area contributed by atoms with Gasteiger partial charge in [0.1, 0.15) is 0 Å². The lowest BCUT2D eigenvalue weighted by atomic mass is 10.1. The summed E-state index contributed by atoms with van der Waals surface area (Å²) in [5.74, 6) is 0. The quantitative estimate of drug-likeness (QED) is 0.924. The van der Waals surface area contributed by atoms with Gasteiger partial charge >= 0.3 is 0 Å². The summed E-state index contributed by atoms with van der Waals surface area (Å²) in [4.78, 5) is 1.15. The van der Waals surface area contributed by atoms with E-state index in [0.717, 1.165) is 27.8 Å². The van der Waals surface area contributed by atoms with Gasteiger partial charge in [-0.05, 0) is 31.0 Å². The van der Waals surface area contributed by atoms with Crippen molar-refractivity contribution in [2.75, 3.05) is 6.54 Å². The molecule has 5 heteroatoms. The largest absolute Gasteiger partial charge is 0.305 e. The SMILES string of the molecule is CCNC(c1sccc1Cl)c1cc(C)nn1C. The molecule has 0 radical (unpaired) electrons. The van der Waals surface area contributed by atoms with Gasteiger partial charge in [0, 0.05) is 11.9 Å². The molecule has 1 atom stereocenters. The van der Waals surface area contributed by atoms with Gasteiger partial charge in [-0.15, -0.1) is 11.3 Å². The lowest BCUT2D eigenvalue weighted by molar-refractivity contribution is 0.578. The minimum atomic E-state index is 0.124. The Morgan fingerprint density at radius 3 is 2.82 bits per heavy atom. The van der Waals surface area contributed by atoms with Crippen LogP contribution in [0.25, 0.3) is 0 Å². The molecule has 2 heterocycles. The van der Waals surface area contributed by atoms with Crippen LogP contribution in [-0.2, 0) is 7.05 Å². The van der Waals surface area contributed by atoms with Gasteiger partial charge in [0.2, 0.25) is 0 Å². The van der Waals surface area contributed by atoms with Crippen LogP contribution in [0.2, 0.25) is 5.02 Å². The Hall–Kier alpha value is -0.840. The van der Waals surface area contributed by atoms with Crippen LogP contribution in [0.4, 0.5) is 0 Å². The highest BCUT2D eigenvalue weighted by molar-refractivity contribution is 7.10. The zero-order valence-electron chi connectivity index (χ0n) is 10.2. The predicted octanol–water partition coefficient (Wildman–Crippen LogP) is 3.14. The Morgan fingerprint density at radius 2 is 2.35 bits per heavy atom. The Bertz CT molecular complexity index is 504. The third-order valence-electron chi connectivity index (χ3n) is 2.65. The van der Waals surface area contributed by atoms with Crippen LogP contribution >= 0.6 is 22.9 Å². The third-order valence-corrected chi connectivity index (χ3v) is 4.07. The third kappa shape index (κ3) is 2.54. The molecule has 92 valence electrons. The standard InChI is InChI=1S/C12H16ClN3S/c1-4-14-11(12-9(13)5-6-17-12)10-7-8(2)15-16(10)3/h5-7,11,14H,4H2,1-3H3. The number of aromatic nitrogens is 2. The second-order valence-electron chi connectivity index (χ2n) is 3.96. The van der Waals surface area contributed by atoms with Crippen molar-refractivity contribution in [3.05, 3.63) is 38.8 Å². The summed E-state index contributed by atoms with van der Waals surface area (Å²) in [6.07, 6.45) is 0. The van der Waals surface area contributed by atoms with E-state index in [1.54, 1.807) is 11.3 Å². The topological polar surface area (TPSA) is 29.9 Å². The summed E-state index contributed by atoms with van der Waals surface area (Å²) in [5, 5.41) is 10.7. The zero-order valence-corrected chi connectivity index (χ0v) is 11.8. The minimum Gasteiger partial charge on any atom is -0.305 e. The molecule has 17 heavy (non-hydrogen) atoms. The molecule has 2 rings (SSSR count). The van der Waals surface area contributed by atoms with E-state index in [4.69, 9.17) is 11.6 Å². The summed E-state index contributed by atoms with van der Waals surface area (Å²) in [6, 6.07) is 4.16. The maximum Gasteiger partial charge on any atom is 0.0856 e. The smallest absolute Gasteiger partial charge is 0.0856 e. The first kappa shape index (κ1) is 12.6. The highest BCUT2D eigenvalue weighted by Gasteiger charge is 2.20. The molecule has 0 saturated carbocycles. The highest BCUT2D eigenvalue weighted by atomic mass is 35.5. The lowest BCUT2D eigenvalue weighted by Gasteiger charge is -2.17. The van der Waals surface area contributed by atoms with Crippen LogP contribution in [0.15, 0.2) is 17.5 Å². The predicted molar refractivity (Wildman–Crippen MR) is 72.8 cm³/mol. The molecular weight excluding hydrogens is 254 g/mol. The molecule has 1 N–H and O–H groups in total. The molecule has 2 aromatic rings. The Balaban J connectivity index is 2.42. The number of nitrogens with one attached hydrogen (secondary N) is 1. The van der Waals surface area contributed by atoms with Gasteiger partial charge in [0.05, 0.1) is 22.5 Å². The van der Waals surface area contributed by atoms with Gasteiger partial charge in [0.25, 0.3) is 0 Å². The molecule has 0 amide bonds. The second kappa shape index (κ2) is 5.21. The minimum absolute atomic E-state index is 0.124. The fraction of sp³-hybridized carbons (Fsp3) is 0.417. The van der Waals surface area contributed by atoms with E-state index in [-0.39, 0.29) is 6.04 Å². The van der Waals surface area contributed by atoms with Crippen LogP contribution < -0.4 is 5.32 Å². The van der Waals surface area contributed by atoms with E-state index in [1.165, 1.54) is 0 Å². The first-order valence-electron chi connectivity index (χ1n) is 5.60. The van der Waals surface area contributed by atoms with Gasteiger partial charge in [-0.1, -0.05) is 18.5 Å². The number of hydrogen-bond donors (Lipinski definition) is 1. The molecule has 0 aliphatic heterocycles. The van der Waals surface area contributed by atoms with Crippen LogP contribution in [0.1, 0.15) is 29.2 Å². The van der Waals surface area contributed by atoms with Crippen molar-refractivity contribution in [2.24, 2.45) is 7.05 Å². The summed E-state index contributed by atoms with van der Waals surface area (Å²) in [5.41, 5.74) is 2.17. The molecule has 0 aromatic carbocycles. The van der Waals surface area contributed by atoms with Crippen molar-refractivity contribution in [1.82, 2.24) is 15.1 Å². The van der Waals surface area contributed by atoms with Gasteiger partial charge in [0.15, 0.2) is 0 Å². The molecule has 0 spiro atoms. The molecule has 0 aliphatic carbocycles. The fourth-order valence-corrected chi connectivity index (χ4v) is 3.20. The van der Waals surface area contributed by atoms with Crippen molar-refractivity contribution in [2.45, 2.75) is 19.9 Å². The van der Waals surface area contributed by atoms with Gasteiger partial charge in [-0.3, -0.25) is 4.68 Å². The first-order chi connectivity index (χ1) is 8.13. The van der Waals surface area contributed by atoms with Crippen molar-refractivity contribution in [3.63, 3.8) is 0 Å². The average molecular weight is 270 g/mol. The maximum atomic E-state index is 6.22. The maximum absolute atomic E-state index is 6.22. The summed E-state index contributed by atoms with van der Waals surface area (Å²) >= 11 is 7.89. The average Bonchev–Trinajstić information content (AvgIpc) is 2.82. The molecule has 1 unspecified atom stereocenters. The van der Waals surface area contributed by atoms with Crippen LogP contribution in [0.5, 0.6) is 0 Å². The molecular formula is C12H16ClN3S. The van der Waals surface area contributed by atoms with Crippen molar-refractivity contribution in [1.29, 1.82) is 0 Å². The van der Waals surface area contributed by atoms with Crippen molar-refractivity contribution < 1.29 is 0 Å². The second-order valence-corrected chi connectivity index (χ2v) is 5.31. The van der Waals surface area contributed by atoms with Crippen molar-refractivity contribution >= 4 is 22.9 Å². The van der Waals surface area contributed by atoms with E-state index >= 15 is 0 Å². The fourth-order valence-electron chi connectivity index (χ4n) is 1.95. The molecule has 3 nitrogen and oxygen atoms in total. The van der Waals surface area contributed by atoms with Crippen LogP contribution in [0, 0.1) is 6.92 Å². The lowest BCUT2D eigenvalue weighted by Crippen LogP contribution is -2.23. The molecule has 0 fully saturated rings. The number of thiophene rings is 1. The van der Waals surface area contributed by atoms with Gasteiger partial charge in [-0.25, -0.2) is 0 Å². The van der Waals surface area contributed by atoms with Gasteiger partial charge in [-0.2, -0.15) is 5.10 Å². The Labute approximate surface area is 110 Å². The van der Waals surface area contributed by atoms with E-state index in [0.29, 0.717) is 0 Å². The molecule has 0 saturated heterocycles. The first-order valence-corrected chi connectivity index (χ1v) is 6.86.